The lowest BCUT2D eigenvalue weighted by Crippen LogP contribution is -2.04. The summed E-state index contributed by atoms with van der Waals surface area (Å²) >= 11 is 5.67. The van der Waals surface area contributed by atoms with Gasteiger partial charge in [0, 0.05) is 5.88 Å². The summed E-state index contributed by atoms with van der Waals surface area (Å²) in [4.78, 5) is 0. The van der Waals surface area contributed by atoms with Gasteiger partial charge in [-0.2, -0.15) is 0 Å². The molecule has 0 nitrogen and oxygen atoms in total. The second-order valence-corrected chi connectivity index (χ2v) is 3.81. The summed E-state index contributed by atoms with van der Waals surface area (Å²) in [7, 11) is 0. The highest BCUT2D eigenvalue weighted by molar-refractivity contribution is 6.19. The van der Waals surface area contributed by atoms with E-state index in [1.165, 1.54) is 18.4 Å². The van der Waals surface area contributed by atoms with Crippen molar-refractivity contribution in [3.05, 3.63) is 11.6 Å². The quantitative estimate of drug-likeness (QED) is 0.392. The second-order valence-electron chi connectivity index (χ2n) is 3.54. The molecule has 1 aliphatic rings. The van der Waals surface area contributed by atoms with Crippen molar-refractivity contribution in [2.45, 2.75) is 26.7 Å². The average Bonchev–Trinajstić information content (AvgIpc) is 2.10. The van der Waals surface area contributed by atoms with E-state index in [1.54, 1.807) is 0 Å². The van der Waals surface area contributed by atoms with Crippen LogP contribution in [0.1, 0.15) is 26.7 Å². The number of hydrogen-bond donors (Lipinski definition) is 0. The number of allylic oxidation sites excluding steroid dienone is 2. The van der Waals surface area contributed by atoms with Crippen LogP contribution in [0.15, 0.2) is 11.6 Å². The molecule has 0 saturated heterocycles. The molecule has 0 atom stereocenters. The van der Waals surface area contributed by atoms with Gasteiger partial charge >= 0.3 is 0 Å². The van der Waals surface area contributed by atoms with Gasteiger partial charge in [0.25, 0.3) is 0 Å². The van der Waals surface area contributed by atoms with E-state index in [9.17, 15) is 0 Å². The van der Waals surface area contributed by atoms with Gasteiger partial charge in [0.1, 0.15) is 0 Å². The molecule has 0 aromatic rings. The second kappa shape index (κ2) is 2.34. The maximum absolute atomic E-state index is 5.67. The summed E-state index contributed by atoms with van der Waals surface area (Å²) in [6.45, 7) is 4.56. The Morgan fingerprint density at radius 3 is 2.56 bits per heavy atom. The molecule has 0 aromatic heterocycles. The highest BCUT2D eigenvalue weighted by Gasteiger charge is 2.23. The van der Waals surface area contributed by atoms with Crippen LogP contribution >= 0.6 is 11.6 Å². The molecular formula is C8H13Cl. The van der Waals surface area contributed by atoms with E-state index in [0.29, 0.717) is 5.41 Å². The maximum Gasteiger partial charge on any atom is 0.0433 e. The molecule has 52 valence electrons. The number of halogens is 1. The molecule has 1 rings (SSSR count). The topological polar surface area (TPSA) is 0 Å². The summed E-state index contributed by atoms with van der Waals surface area (Å²) in [5.74, 6) is 0.726. The Hall–Kier alpha value is 0.0300. The van der Waals surface area contributed by atoms with Gasteiger partial charge in [-0.05, 0) is 18.3 Å². The largest absolute Gasteiger partial charge is 0.122 e. The first kappa shape index (κ1) is 7.14. The SMILES string of the molecule is CC1(C)CC=C(CCl)C1. The molecule has 0 spiro atoms. The standard InChI is InChI=1S/C8H13Cl/c1-8(2)4-3-7(5-8)6-9/h3H,4-6H2,1-2H3. The third kappa shape index (κ3) is 1.72. The van der Waals surface area contributed by atoms with Gasteiger partial charge in [0.15, 0.2) is 0 Å². The summed E-state index contributed by atoms with van der Waals surface area (Å²) in [5.41, 5.74) is 1.91. The molecule has 0 saturated carbocycles. The van der Waals surface area contributed by atoms with Crippen LogP contribution in [-0.4, -0.2) is 5.88 Å². The van der Waals surface area contributed by atoms with Crippen molar-refractivity contribution in [2.24, 2.45) is 5.41 Å². The molecule has 0 aromatic carbocycles. The van der Waals surface area contributed by atoms with E-state index in [0.717, 1.165) is 5.88 Å². The first-order valence-electron chi connectivity index (χ1n) is 3.38. The highest BCUT2D eigenvalue weighted by atomic mass is 35.5. The summed E-state index contributed by atoms with van der Waals surface area (Å²) in [6.07, 6.45) is 4.67. The van der Waals surface area contributed by atoms with E-state index >= 15 is 0 Å². The van der Waals surface area contributed by atoms with Gasteiger partial charge in [-0.25, -0.2) is 0 Å². The fraction of sp³-hybridized carbons (Fsp3) is 0.750. The average molecular weight is 145 g/mol. The molecule has 0 aliphatic heterocycles. The predicted octanol–water partition coefficient (Wildman–Crippen LogP) is 2.97. The van der Waals surface area contributed by atoms with Crippen molar-refractivity contribution in [3.8, 4) is 0 Å². The van der Waals surface area contributed by atoms with Crippen LogP contribution in [0.25, 0.3) is 0 Å². The maximum atomic E-state index is 5.67. The van der Waals surface area contributed by atoms with E-state index in [-0.39, 0.29) is 0 Å². The predicted molar refractivity (Wildman–Crippen MR) is 41.8 cm³/mol. The Labute approximate surface area is 61.9 Å². The third-order valence-electron chi connectivity index (χ3n) is 1.82. The van der Waals surface area contributed by atoms with Crippen LogP contribution in [0, 0.1) is 5.41 Å². The van der Waals surface area contributed by atoms with Gasteiger partial charge in [0.2, 0.25) is 0 Å². The first-order valence-corrected chi connectivity index (χ1v) is 3.91. The Bertz CT molecular complexity index is 134. The molecule has 0 bridgehead atoms. The fourth-order valence-electron chi connectivity index (χ4n) is 1.28. The molecule has 0 fully saturated rings. The zero-order chi connectivity index (χ0) is 6.91. The van der Waals surface area contributed by atoms with Crippen molar-refractivity contribution < 1.29 is 0 Å². The summed E-state index contributed by atoms with van der Waals surface area (Å²) in [5, 5.41) is 0. The smallest absolute Gasteiger partial charge is 0.0433 e. The minimum atomic E-state index is 0.490. The normalized spacial score (nSPS) is 24.1. The van der Waals surface area contributed by atoms with Crippen molar-refractivity contribution >= 4 is 11.6 Å². The lowest BCUT2D eigenvalue weighted by molar-refractivity contribution is 0.394. The molecule has 0 radical (unpaired) electrons. The van der Waals surface area contributed by atoms with Crippen molar-refractivity contribution in [3.63, 3.8) is 0 Å². The van der Waals surface area contributed by atoms with Gasteiger partial charge < -0.3 is 0 Å². The monoisotopic (exact) mass is 144 g/mol. The van der Waals surface area contributed by atoms with Crippen molar-refractivity contribution in [2.75, 3.05) is 5.88 Å². The Morgan fingerprint density at radius 1 is 1.67 bits per heavy atom. The molecule has 0 N–H and O–H groups in total. The summed E-state index contributed by atoms with van der Waals surface area (Å²) < 4.78 is 0. The van der Waals surface area contributed by atoms with Gasteiger partial charge in [-0.1, -0.05) is 25.5 Å². The van der Waals surface area contributed by atoms with E-state index in [4.69, 9.17) is 11.6 Å². The third-order valence-corrected chi connectivity index (χ3v) is 2.16. The summed E-state index contributed by atoms with van der Waals surface area (Å²) in [6, 6.07) is 0. The molecule has 1 aliphatic carbocycles. The van der Waals surface area contributed by atoms with Crippen LogP contribution in [0.4, 0.5) is 0 Å². The number of rotatable bonds is 1. The van der Waals surface area contributed by atoms with Gasteiger partial charge in [-0.15, -0.1) is 11.6 Å². The van der Waals surface area contributed by atoms with E-state index in [1.807, 2.05) is 0 Å². The molecule has 1 heteroatoms. The minimum absolute atomic E-state index is 0.490. The Balaban J connectivity index is 2.50. The lowest BCUT2D eigenvalue weighted by Gasteiger charge is -2.15. The van der Waals surface area contributed by atoms with Crippen LogP contribution in [0.5, 0.6) is 0 Å². The van der Waals surface area contributed by atoms with Gasteiger partial charge in [-0.3, -0.25) is 0 Å². The van der Waals surface area contributed by atoms with E-state index in [2.05, 4.69) is 19.9 Å². The zero-order valence-electron chi connectivity index (χ0n) is 6.08. The first-order chi connectivity index (χ1) is 4.14. The molecule has 0 unspecified atom stereocenters. The molecule has 0 amide bonds. The van der Waals surface area contributed by atoms with Crippen molar-refractivity contribution in [1.82, 2.24) is 0 Å². The molecule has 0 heterocycles. The fourth-order valence-corrected chi connectivity index (χ4v) is 1.49. The van der Waals surface area contributed by atoms with Gasteiger partial charge in [0.05, 0.1) is 0 Å². The van der Waals surface area contributed by atoms with E-state index < -0.39 is 0 Å². The van der Waals surface area contributed by atoms with Crippen LogP contribution in [-0.2, 0) is 0 Å². The Kier molecular flexibility index (Phi) is 1.85. The zero-order valence-corrected chi connectivity index (χ0v) is 6.83. The van der Waals surface area contributed by atoms with Crippen molar-refractivity contribution in [1.29, 1.82) is 0 Å². The lowest BCUT2D eigenvalue weighted by atomic mass is 9.90. The number of hydrogen-bond acceptors (Lipinski definition) is 0. The highest BCUT2D eigenvalue weighted by Crippen LogP contribution is 2.36. The Morgan fingerprint density at radius 2 is 2.33 bits per heavy atom. The van der Waals surface area contributed by atoms with Crippen LogP contribution in [0.2, 0.25) is 0 Å². The number of alkyl halides is 1. The van der Waals surface area contributed by atoms with Crippen LogP contribution < -0.4 is 0 Å². The van der Waals surface area contributed by atoms with Crippen LogP contribution in [0.3, 0.4) is 0 Å². The molecular weight excluding hydrogens is 132 g/mol. The minimum Gasteiger partial charge on any atom is -0.122 e. The molecule has 9 heavy (non-hydrogen) atoms.